The van der Waals surface area contributed by atoms with Gasteiger partial charge in [0.15, 0.2) is 5.78 Å². The Morgan fingerprint density at radius 3 is 2.65 bits per heavy atom. The molecule has 4 rings (SSSR count). The first kappa shape index (κ1) is 13.2. The average molecular weight is 279 g/mol. The molecule has 2 heterocycles. The van der Waals surface area contributed by atoms with E-state index in [0.29, 0.717) is 25.0 Å². The lowest BCUT2D eigenvalue weighted by atomic mass is 9.52. The van der Waals surface area contributed by atoms with Gasteiger partial charge in [0, 0.05) is 18.3 Å². The van der Waals surface area contributed by atoms with Gasteiger partial charge in [0.05, 0.1) is 17.2 Å². The van der Waals surface area contributed by atoms with Crippen LogP contribution in [0.15, 0.2) is 0 Å². The molecule has 4 fully saturated rings. The highest BCUT2D eigenvalue weighted by molar-refractivity contribution is 5.93. The normalized spacial score (nSPS) is 55.5. The van der Waals surface area contributed by atoms with E-state index >= 15 is 0 Å². The molecule has 0 radical (unpaired) electrons. The first-order valence-corrected chi connectivity index (χ1v) is 8.11. The first-order chi connectivity index (χ1) is 9.42. The van der Waals surface area contributed by atoms with Crippen molar-refractivity contribution in [3.8, 4) is 0 Å². The summed E-state index contributed by atoms with van der Waals surface area (Å²) in [6.07, 6.45) is 5.14. The summed E-state index contributed by atoms with van der Waals surface area (Å²) in [5.41, 5.74) is -1.49. The van der Waals surface area contributed by atoms with E-state index < -0.39 is 17.2 Å². The molecule has 112 valence electrons. The quantitative estimate of drug-likeness (QED) is 0.697. The minimum Gasteiger partial charge on any atom is -0.392 e. The van der Waals surface area contributed by atoms with Crippen LogP contribution >= 0.6 is 0 Å². The summed E-state index contributed by atoms with van der Waals surface area (Å²) >= 11 is 0. The van der Waals surface area contributed by atoms with Gasteiger partial charge >= 0.3 is 0 Å². The van der Waals surface area contributed by atoms with Crippen molar-refractivity contribution >= 4 is 5.78 Å². The predicted molar refractivity (Wildman–Crippen MR) is 74.2 cm³/mol. The van der Waals surface area contributed by atoms with E-state index in [9.17, 15) is 15.0 Å². The van der Waals surface area contributed by atoms with Gasteiger partial charge < -0.3 is 10.2 Å². The standard InChI is InChI=1S/C16H25NO3/c1-14(20)9-11-8-12(18)16-5-3-7-17(16)6-2-4-15(11,16)13(19)10-14/h11,13,19-20H,2-10H2,1H3. The number of rotatable bonds is 0. The molecule has 4 nitrogen and oxygen atoms in total. The molecule has 5 atom stereocenters. The van der Waals surface area contributed by atoms with E-state index in [4.69, 9.17) is 0 Å². The molecular formula is C16H25NO3. The van der Waals surface area contributed by atoms with Gasteiger partial charge in [-0.15, -0.1) is 0 Å². The summed E-state index contributed by atoms with van der Waals surface area (Å²) < 4.78 is 0. The average Bonchev–Trinajstić information content (AvgIpc) is 2.88. The first-order valence-electron chi connectivity index (χ1n) is 8.11. The molecule has 4 heteroatoms. The van der Waals surface area contributed by atoms with Crippen LogP contribution in [0.4, 0.5) is 0 Å². The van der Waals surface area contributed by atoms with Crippen molar-refractivity contribution in [2.24, 2.45) is 11.3 Å². The van der Waals surface area contributed by atoms with Gasteiger partial charge in [0.25, 0.3) is 0 Å². The van der Waals surface area contributed by atoms with Gasteiger partial charge in [-0.2, -0.15) is 0 Å². The molecule has 0 bridgehead atoms. The van der Waals surface area contributed by atoms with Crippen LogP contribution in [0.5, 0.6) is 0 Å². The molecule has 0 aromatic heterocycles. The summed E-state index contributed by atoms with van der Waals surface area (Å²) in [5.74, 6) is 0.506. The fraction of sp³-hybridized carbons (Fsp3) is 0.938. The molecule has 2 aliphatic carbocycles. The van der Waals surface area contributed by atoms with E-state index in [0.717, 1.165) is 38.8 Å². The minimum absolute atomic E-state index is 0.162. The molecule has 4 aliphatic rings. The summed E-state index contributed by atoms with van der Waals surface area (Å²) in [5, 5.41) is 21.3. The number of nitrogens with zero attached hydrogens (tertiary/aromatic N) is 1. The van der Waals surface area contributed by atoms with Crippen molar-refractivity contribution in [3.05, 3.63) is 0 Å². The van der Waals surface area contributed by atoms with Gasteiger partial charge in [-0.1, -0.05) is 0 Å². The maximum absolute atomic E-state index is 12.9. The molecule has 5 unspecified atom stereocenters. The van der Waals surface area contributed by atoms with Gasteiger partial charge in [-0.3, -0.25) is 9.69 Å². The lowest BCUT2D eigenvalue weighted by Gasteiger charge is -2.59. The number of carbonyl (C=O) groups excluding carboxylic acids is 1. The molecule has 0 aromatic carbocycles. The van der Waals surface area contributed by atoms with E-state index in [-0.39, 0.29) is 11.3 Å². The van der Waals surface area contributed by atoms with Crippen LogP contribution in [0.25, 0.3) is 0 Å². The third-order valence-electron chi connectivity index (χ3n) is 6.83. The van der Waals surface area contributed by atoms with Crippen LogP contribution in [0.1, 0.15) is 51.9 Å². The highest BCUT2D eigenvalue weighted by Gasteiger charge is 2.73. The summed E-state index contributed by atoms with van der Waals surface area (Å²) in [6.45, 7) is 3.82. The van der Waals surface area contributed by atoms with Gasteiger partial charge in [-0.25, -0.2) is 0 Å². The van der Waals surface area contributed by atoms with E-state index in [2.05, 4.69) is 4.90 Å². The van der Waals surface area contributed by atoms with Crippen molar-refractivity contribution in [1.82, 2.24) is 4.90 Å². The van der Waals surface area contributed by atoms with Crippen molar-refractivity contribution < 1.29 is 15.0 Å². The van der Waals surface area contributed by atoms with Crippen LogP contribution in [-0.4, -0.2) is 51.2 Å². The highest BCUT2D eigenvalue weighted by Crippen LogP contribution is 2.66. The second kappa shape index (κ2) is 3.84. The second-order valence-corrected chi connectivity index (χ2v) is 7.84. The van der Waals surface area contributed by atoms with Crippen LogP contribution in [0, 0.1) is 11.3 Å². The molecule has 2 spiro atoms. The Morgan fingerprint density at radius 1 is 1.20 bits per heavy atom. The van der Waals surface area contributed by atoms with E-state index in [1.54, 1.807) is 0 Å². The van der Waals surface area contributed by atoms with Gasteiger partial charge in [0.2, 0.25) is 0 Å². The molecule has 2 aliphatic heterocycles. The van der Waals surface area contributed by atoms with Gasteiger partial charge in [0.1, 0.15) is 0 Å². The Labute approximate surface area is 120 Å². The smallest absolute Gasteiger partial charge is 0.154 e. The zero-order chi connectivity index (χ0) is 14.2. The maximum atomic E-state index is 12.9. The van der Waals surface area contributed by atoms with Crippen molar-refractivity contribution in [2.75, 3.05) is 13.1 Å². The number of aliphatic hydroxyl groups is 2. The van der Waals surface area contributed by atoms with Crippen molar-refractivity contribution in [3.63, 3.8) is 0 Å². The minimum atomic E-state index is -0.817. The zero-order valence-corrected chi connectivity index (χ0v) is 12.3. The largest absolute Gasteiger partial charge is 0.392 e. The predicted octanol–water partition coefficient (Wildman–Crippen LogP) is 1.10. The Morgan fingerprint density at radius 2 is 1.90 bits per heavy atom. The monoisotopic (exact) mass is 279 g/mol. The van der Waals surface area contributed by atoms with Crippen LogP contribution in [-0.2, 0) is 4.79 Å². The topological polar surface area (TPSA) is 60.8 Å². The van der Waals surface area contributed by atoms with Crippen molar-refractivity contribution in [1.29, 1.82) is 0 Å². The summed E-state index contributed by atoms with van der Waals surface area (Å²) in [6, 6.07) is 0. The Kier molecular flexibility index (Phi) is 2.54. The molecule has 0 aromatic rings. The fourth-order valence-corrected chi connectivity index (χ4v) is 6.35. The number of carbonyl (C=O) groups is 1. The molecule has 2 saturated heterocycles. The fourth-order valence-electron chi connectivity index (χ4n) is 6.35. The zero-order valence-electron chi connectivity index (χ0n) is 12.3. The molecule has 2 saturated carbocycles. The summed E-state index contributed by atoms with van der Waals surface area (Å²) in [7, 11) is 0. The number of aliphatic hydroxyl groups excluding tert-OH is 1. The lowest BCUT2D eigenvalue weighted by molar-refractivity contribution is -0.185. The highest BCUT2D eigenvalue weighted by atomic mass is 16.3. The second-order valence-electron chi connectivity index (χ2n) is 7.84. The Balaban J connectivity index is 1.85. The van der Waals surface area contributed by atoms with Crippen molar-refractivity contribution in [2.45, 2.75) is 69.1 Å². The number of ketones is 1. The van der Waals surface area contributed by atoms with E-state index in [1.807, 2.05) is 6.92 Å². The van der Waals surface area contributed by atoms with Gasteiger partial charge in [-0.05, 0) is 58.0 Å². The Hall–Kier alpha value is -0.450. The van der Waals surface area contributed by atoms with E-state index in [1.165, 1.54) is 0 Å². The lowest BCUT2D eigenvalue weighted by Crippen LogP contribution is -2.68. The van der Waals surface area contributed by atoms with Crippen LogP contribution in [0.2, 0.25) is 0 Å². The van der Waals surface area contributed by atoms with Crippen LogP contribution in [0.3, 0.4) is 0 Å². The number of hydrogen-bond acceptors (Lipinski definition) is 4. The SMILES string of the molecule is CC1(O)CC(O)C23CCCN4CCCC42C(=O)CC3C1. The maximum Gasteiger partial charge on any atom is 0.154 e. The summed E-state index contributed by atoms with van der Waals surface area (Å²) in [4.78, 5) is 15.3. The van der Waals surface area contributed by atoms with Crippen LogP contribution < -0.4 is 0 Å². The number of piperidine rings is 1. The molecule has 2 N–H and O–H groups in total. The number of hydrogen-bond donors (Lipinski definition) is 2. The molecular weight excluding hydrogens is 254 g/mol. The molecule has 0 amide bonds. The number of Topliss-reactive ketones (excluding diaryl/α,β-unsaturated/α-hetero) is 1. The third kappa shape index (κ3) is 1.31. The third-order valence-corrected chi connectivity index (χ3v) is 6.83. The molecule has 20 heavy (non-hydrogen) atoms. The Bertz CT molecular complexity index is 463.